The number of amides is 1. The fourth-order valence-corrected chi connectivity index (χ4v) is 3.31. The lowest BCUT2D eigenvalue weighted by molar-refractivity contribution is -0.297. The average Bonchev–Trinajstić information content (AvgIpc) is 3.26. The van der Waals surface area contributed by atoms with Crippen molar-refractivity contribution in [3.05, 3.63) is 0 Å². The molecule has 32 heavy (non-hydrogen) atoms. The number of ether oxygens (including phenoxy) is 3. The van der Waals surface area contributed by atoms with Crippen LogP contribution in [0.1, 0.15) is 79.1 Å². The molecule has 0 saturated heterocycles. The van der Waals surface area contributed by atoms with Crippen LogP contribution in [-0.2, 0) is 38.4 Å². The highest BCUT2D eigenvalue weighted by molar-refractivity contribution is 6.32. The number of hydrogen-bond donors (Lipinski definition) is 2. The van der Waals surface area contributed by atoms with Crippen LogP contribution in [0.25, 0.3) is 0 Å². The summed E-state index contributed by atoms with van der Waals surface area (Å²) in [4.78, 5) is 48.6. The zero-order valence-electron chi connectivity index (χ0n) is 19.9. The number of Topliss-reactive ketones (excluding diaryl/α,β-unsaturated/α-hetero) is 1. The molecule has 0 spiro atoms. The fraction of sp³-hybridized carbons (Fsp3) is 0.864. The van der Waals surface area contributed by atoms with E-state index in [1.165, 1.54) is 0 Å². The average molecular weight is 461 g/mol. The van der Waals surface area contributed by atoms with Crippen molar-refractivity contribution in [1.29, 1.82) is 0 Å². The number of carbonyl (C=O) groups is 3. The number of ketones is 1. The number of rotatable bonds is 19. The molecule has 2 unspecified atom stereocenters. The van der Waals surface area contributed by atoms with E-state index < -0.39 is 34.6 Å². The molecular formula is C22H40N2O8. The molecule has 1 fully saturated rings. The predicted octanol–water partition coefficient (Wildman–Crippen LogP) is 1.91. The first kappa shape index (κ1) is 28.4. The van der Waals surface area contributed by atoms with Gasteiger partial charge in [0, 0.05) is 6.61 Å². The van der Waals surface area contributed by atoms with Gasteiger partial charge in [-0.2, -0.15) is 4.89 Å². The van der Waals surface area contributed by atoms with Gasteiger partial charge in [0.25, 0.3) is 11.7 Å². The zero-order chi connectivity index (χ0) is 24.3. The molecule has 2 atom stereocenters. The third-order valence-corrected chi connectivity index (χ3v) is 5.42. The van der Waals surface area contributed by atoms with Crippen molar-refractivity contribution >= 4 is 17.7 Å². The lowest BCUT2D eigenvalue weighted by atomic mass is 10.00. The van der Waals surface area contributed by atoms with Gasteiger partial charge in [-0.05, 0) is 25.7 Å². The minimum absolute atomic E-state index is 0.0362. The van der Waals surface area contributed by atoms with Crippen molar-refractivity contribution in [2.24, 2.45) is 11.5 Å². The summed E-state index contributed by atoms with van der Waals surface area (Å²) in [7, 11) is 0. The Hall–Kier alpha value is -1.59. The van der Waals surface area contributed by atoms with Crippen molar-refractivity contribution in [3.8, 4) is 0 Å². The highest BCUT2D eigenvalue weighted by atomic mass is 17.2. The summed E-state index contributed by atoms with van der Waals surface area (Å²) >= 11 is 0. The van der Waals surface area contributed by atoms with Gasteiger partial charge >= 0.3 is 5.97 Å². The van der Waals surface area contributed by atoms with Crippen LogP contribution >= 0.6 is 0 Å². The van der Waals surface area contributed by atoms with Gasteiger partial charge in [0.2, 0.25) is 16.9 Å². The summed E-state index contributed by atoms with van der Waals surface area (Å²) in [6.45, 7) is 8.00. The van der Waals surface area contributed by atoms with Crippen LogP contribution in [0.5, 0.6) is 0 Å². The molecule has 4 N–H and O–H groups in total. The molecule has 1 rings (SSSR count). The van der Waals surface area contributed by atoms with Crippen molar-refractivity contribution in [2.75, 3.05) is 26.4 Å². The Kier molecular flexibility index (Phi) is 11.7. The molecule has 0 aliphatic heterocycles. The van der Waals surface area contributed by atoms with Crippen LogP contribution in [0.3, 0.4) is 0 Å². The highest BCUT2D eigenvalue weighted by Crippen LogP contribution is 2.55. The smallest absolute Gasteiger partial charge is 0.365 e. The van der Waals surface area contributed by atoms with Crippen molar-refractivity contribution in [2.45, 2.75) is 96.0 Å². The van der Waals surface area contributed by atoms with Gasteiger partial charge in [0.05, 0.1) is 19.8 Å². The Morgan fingerprint density at radius 3 is 1.78 bits per heavy atom. The third kappa shape index (κ3) is 5.48. The van der Waals surface area contributed by atoms with Gasteiger partial charge in [0.15, 0.2) is 0 Å². The molecule has 0 aromatic heterocycles. The second-order valence-electron chi connectivity index (χ2n) is 7.95. The lowest BCUT2D eigenvalue weighted by Crippen LogP contribution is -2.66. The second-order valence-corrected chi connectivity index (χ2v) is 7.95. The summed E-state index contributed by atoms with van der Waals surface area (Å²) in [6, 6.07) is 0. The molecule has 1 saturated carbocycles. The minimum Gasteiger partial charge on any atom is -0.365 e. The summed E-state index contributed by atoms with van der Waals surface area (Å²) in [6.07, 6.45) is 5.37. The Morgan fingerprint density at radius 2 is 1.31 bits per heavy atom. The van der Waals surface area contributed by atoms with Crippen LogP contribution in [0, 0.1) is 0 Å². The molecule has 10 heteroatoms. The highest BCUT2D eigenvalue weighted by Gasteiger charge is 2.93. The van der Waals surface area contributed by atoms with Gasteiger partial charge in [-0.25, -0.2) is 4.79 Å². The monoisotopic (exact) mass is 460 g/mol. The fourth-order valence-electron chi connectivity index (χ4n) is 3.31. The van der Waals surface area contributed by atoms with Crippen LogP contribution in [0.4, 0.5) is 0 Å². The first-order chi connectivity index (χ1) is 15.3. The molecule has 0 radical (unpaired) electrons. The van der Waals surface area contributed by atoms with E-state index in [2.05, 4.69) is 0 Å². The van der Waals surface area contributed by atoms with E-state index >= 15 is 0 Å². The Bertz CT molecular complexity index is 619. The van der Waals surface area contributed by atoms with Crippen LogP contribution in [0.2, 0.25) is 0 Å². The zero-order valence-corrected chi connectivity index (χ0v) is 19.9. The van der Waals surface area contributed by atoms with Crippen LogP contribution < -0.4 is 11.5 Å². The lowest BCUT2D eigenvalue weighted by Gasteiger charge is -2.38. The normalized spacial score (nSPS) is 22.7. The van der Waals surface area contributed by atoms with Crippen LogP contribution in [-0.4, -0.2) is 61.0 Å². The van der Waals surface area contributed by atoms with E-state index in [1.807, 2.05) is 27.7 Å². The van der Waals surface area contributed by atoms with E-state index in [0.29, 0.717) is 25.7 Å². The Morgan fingerprint density at radius 1 is 0.844 bits per heavy atom. The summed E-state index contributed by atoms with van der Waals surface area (Å²) in [5.74, 6) is -5.54. The number of primary amides is 1. The molecule has 1 aliphatic carbocycles. The standard InChI is InChI=1S/C22H40N2O8/c1-5-9-13-28-21(17(25)20(21,24)19(27)32-31-16-12-8-4)22(18(23)26,29-14-10-6-2)30-15-11-7-3/h5-16,24H2,1-4H3,(H2,23,26). The molecule has 10 nitrogen and oxygen atoms in total. The largest absolute Gasteiger partial charge is 0.373 e. The molecule has 186 valence electrons. The summed E-state index contributed by atoms with van der Waals surface area (Å²) < 4.78 is 17.5. The van der Waals surface area contributed by atoms with E-state index in [0.717, 1.165) is 25.7 Å². The molecular weight excluding hydrogens is 420 g/mol. The first-order valence-corrected chi connectivity index (χ1v) is 11.7. The van der Waals surface area contributed by atoms with Crippen molar-refractivity contribution in [3.63, 3.8) is 0 Å². The first-order valence-electron chi connectivity index (χ1n) is 11.7. The maximum Gasteiger partial charge on any atom is 0.373 e. The van der Waals surface area contributed by atoms with Crippen molar-refractivity contribution in [1.82, 2.24) is 0 Å². The quantitative estimate of drug-likeness (QED) is 0.0968. The SMILES string of the molecule is CCCCOOC(=O)C1(N)C(=O)C1(OCCCC)C(OCCCC)(OCCCC)C(N)=O. The van der Waals surface area contributed by atoms with E-state index in [1.54, 1.807) is 0 Å². The molecule has 0 aromatic rings. The predicted molar refractivity (Wildman–Crippen MR) is 116 cm³/mol. The number of unbranched alkanes of at least 4 members (excludes halogenated alkanes) is 4. The Balaban J connectivity index is 3.38. The van der Waals surface area contributed by atoms with Gasteiger partial charge in [-0.1, -0.05) is 53.4 Å². The molecule has 0 aromatic carbocycles. The van der Waals surface area contributed by atoms with E-state index in [9.17, 15) is 14.4 Å². The molecule has 1 amide bonds. The van der Waals surface area contributed by atoms with Gasteiger partial charge in [-0.15, -0.1) is 0 Å². The number of nitrogens with two attached hydrogens (primary N) is 2. The topological polar surface area (TPSA) is 149 Å². The van der Waals surface area contributed by atoms with Gasteiger partial charge in [-0.3, -0.25) is 14.5 Å². The van der Waals surface area contributed by atoms with E-state index in [-0.39, 0.29) is 26.4 Å². The second kappa shape index (κ2) is 13.2. The summed E-state index contributed by atoms with van der Waals surface area (Å²) in [5, 5.41) is 0. The van der Waals surface area contributed by atoms with Gasteiger partial charge in [0.1, 0.15) is 0 Å². The maximum atomic E-state index is 13.2. The molecule has 0 bridgehead atoms. The Labute approximate surface area is 190 Å². The maximum absolute atomic E-state index is 13.2. The number of carbonyl (C=O) groups excluding carboxylic acids is 3. The van der Waals surface area contributed by atoms with Crippen molar-refractivity contribution < 1.29 is 38.4 Å². The number of hydrogen-bond acceptors (Lipinski definition) is 9. The van der Waals surface area contributed by atoms with Gasteiger partial charge < -0.3 is 25.7 Å². The molecule has 1 aliphatic rings. The van der Waals surface area contributed by atoms with E-state index in [4.69, 9.17) is 35.5 Å². The minimum atomic E-state index is -2.38. The van der Waals surface area contributed by atoms with Crippen LogP contribution in [0.15, 0.2) is 0 Å². The third-order valence-electron chi connectivity index (χ3n) is 5.42. The summed E-state index contributed by atoms with van der Waals surface area (Å²) in [5.41, 5.74) is 7.34. The molecule has 0 heterocycles.